The third-order valence-corrected chi connectivity index (χ3v) is 4.26. The highest BCUT2D eigenvalue weighted by molar-refractivity contribution is 7.92. The summed E-state index contributed by atoms with van der Waals surface area (Å²) >= 11 is 0. The Bertz CT molecular complexity index is 953. The largest absolute Gasteiger partial charge is 0.481 e. The molecule has 0 saturated carbocycles. The van der Waals surface area contributed by atoms with Gasteiger partial charge < -0.3 is 26.0 Å². The first-order valence-corrected chi connectivity index (χ1v) is 9.11. The highest BCUT2D eigenvalue weighted by atomic mass is 32.2. The fourth-order valence-corrected chi connectivity index (χ4v) is 2.64. The minimum absolute atomic E-state index is 0.00986. The van der Waals surface area contributed by atoms with E-state index >= 15 is 0 Å². The maximum Gasteiger partial charge on any atom is 0.328 e. The average molecular weight is 425 g/mol. The molecule has 0 saturated heterocycles. The van der Waals surface area contributed by atoms with Crippen molar-refractivity contribution in [1.29, 1.82) is 0 Å². The number of nitrogens with zero attached hydrogens (tertiary/aromatic N) is 2. The van der Waals surface area contributed by atoms with Crippen LogP contribution in [-0.4, -0.2) is 49.6 Å². The SMILES string of the molecule is COc1cc(NS(=O)(=O)c2ccc(N)cc2)nc(OC)n1.NC(=O)/C=C\C(=O)O. The van der Waals surface area contributed by atoms with Crippen molar-refractivity contribution in [3.8, 4) is 11.9 Å². The molecule has 1 amide bonds. The van der Waals surface area contributed by atoms with Gasteiger partial charge in [-0.1, -0.05) is 0 Å². The summed E-state index contributed by atoms with van der Waals surface area (Å²) in [5, 5.41) is 7.87. The van der Waals surface area contributed by atoms with Gasteiger partial charge in [-0.3, -0.25) is 9.52 Å². The van der Waals surface area contributed by atoms with Gasteiger partial charge in [0.05, 0.1) is 19.1 Å². The van der Waals surface area contributed by atoms with E-state index in [1.54, 1.807) is 0 Å². The summed E-state index contributed by atoms with van der Waals surface area (Å²) in [5.41, 5.74) is 10.6. The predicted octanol–water partition coefficient (Wildman–Crippen LogP) is -0.0107. The van der Waals surface area contributed by atoms with E-state index in [0.29, 0.717) is 11.8 Å². The molecule has 0 aliphatic rings. The summed E-state index contributed by atoms with van der Waals surface area (Å²) < 4.78 is 36.6. The number of rotatable bonds is 7. The normalized spacial score (nSPS) is 10.6. The smallest absolute Gasteiger partial charge is 0.328 e. The maximum absolute atomic E-state index is 12.2. The topological polar surface area (TPSA) is 197 Å². The molecule has 1 aromatic heterocycles. The highest BCUT2D eigenvalue weighted by Gasteiger charge is 2.16. The van der Waals surface area contributed by atoms with Crippen molar-refractivity contribution >= 4 is 33.4 Å². The lowest BCUT2D eigenvalue weighted by atomic mass is 10.3. The molecule has 0 bridgehead atoms. The number of carbonyl (C=O) groups is 2. The van der Waals surface area contributed by atoms with Crippen LogP contribution < -0.4 is 25.7 Å². The molecule has 0 atom stereocenters. The molecule has 0 radical (unpaired) electrons. The van der Waals surface area contributed by atoms with E-state index in [0.717, 1.165) is 6.08 Å². The summed E-state index contributed by atoms with van der Waals surface area (Å²) in [5.74, 6) is -1.72. The Morgan fingerprint density at radius 3 is 2.17 bits per heavy atom. The van der Waals surface area contributed by atoms with Crippen LogP contribution in [0.25, 0.3) is 0 Å². The van der Waals surface area contributed by atoms with Gasteiger partial charge in [-0.15, -0.1) is 0 Å². The van der Waals surface area contributed by atoms with Crippen LogP contribution >= 0.6 is 0 Å². The summed E-state index contributed by atoms with van der Waals surface area (Å²) in [7, 11) is -1.02. The number of methoxy groups -OCH3 is 2. The molecular weight excluding hydrogens is 406 g/mol. The lowest BCUT2D eigenvalue weighted by Crippen LogP contribution is -2.14. The summed E-state index contributed by atoms with van der Waals surface area (Å²) in [4.78, 5) is 27.2. The Kier molecular flexibility index (Phi) is 8.36. The number of carbonyl (C=O) groups excluding carboxylic acids is 1. The zero-order valence-electron chi connectivity index (χ0n) is 15.4. The van der Waals surface area contributed by atoms with Gasteiger partial charge in [0.2, 0.25) is 11.8 Å². The molecule has 0 spiro atoms. The number of carboxylic acid groups (broad SMARTS) is 1. The van der Waals surface area contributed by atoms with Crippen molar-refractivity contribution in [3.63, 3.8) is 0 Å². The number of aromatic nitrogens is 2. The molecular formula is C16H19N5O7S. The van der Waals surface area contributed by atoms with Crippen LogP contribution in [0.15, 0.2) is 47.4 Å². The number of ether oxygens (including phenoxy) is 2. The molecule has 1 heterocycles. The van der Waals surface area contributed by atoms with Gasteiger partial charge >= 0.3 is 12.0 Å². The first-order valence-electron chi connectivity index (χ1n) is 7.63. The first kappa shape index (κ1) is 23.2. The quantitative estimate of drug-likeness (QED) is 0.346. The summed E-state index contributed by atoms with van der Waals surface area (Å²) in [6.07, 6.45) is 1.46. The maximum atomic E-state index is 12.2. The lowest BCUT2D eigenvalue weighted by Gasteiger charge is -2.09. The Balaban J connectivity index is 0.000000447. The Labute approximate surface area is 166 Å². The van der Waals surface area contributed by atoms with E-state index < -0.39 is 21.9 Å². The van der Waals surface area contributed by atoms with E-state index in [1.807, 2.05) is 0 Å². The number of hydrogen-bond donors (Lipinski definition) is 4. The number of nitrogens with two attached hydrogens (primary N) is 2. The van der Waals surface area contributed by atoms with Gasteiger partial charge in [0.25, 0.3) is 10.0 Å². The standard InChI is InChI=1S/C12H14N4O4S.C4H5NO3/c1-19-11-7-10(14-12(15-11)20-2)16-21(17,18)9-5-3-8(13)4-6-9;5-3(6)1-2-4(7)8/h3-7H,13H2,1-2H3,(H,14,15,16);1-2H,(H2,5,6)(H,7,8)/b;2-1-. The molecule has 6 N–H and O–H groups in total. The molecule has 0 aliphatic carbocycles. The van der Waals surface area contributed by atoms with E-state index in [9.17, 15) is 18.0 Å². The van der Waals surface area contributed by atoms with Crippen molar-refractivity contribution in [3.05, 3.63) is 42.5 Å². The van der Waals surface area contributed by atoms with Gasteiger partial charge in [0.1, 0.15) is 0 Å². The van der Waals surface area contributed by atoms with Crippen LogP contribution in [0.4, 0.5) is 11.5 Å². The van der Waals surface area contributed by atoms with Crippen LogP contribution in [0.3, 0.4) is 0 Å². The Hall–Kier alpha value is -3.87. The number of carboxylic acids is 1. The molecule has 2 aromatic rings. The lowest BCUT2D eigenvalue weighted by molar-refractivity contribution is -0.131. The van der Waals surface area contributed by atoms with Crippen LogP contribution in [0.1, 0.15) is 0 Å². The highest BCUT2D eigenvalue weighted by Crippen LogP contribution is 2.20. The molecule has 156 valence electrons. The zero-order chi connectivity index (χ0) is 22.0. The number of aliphatic carboxylic acids is 1. The van der Waals surface area contributed by atoms with E-state index in [-0.39, 0.29) is 22.6 Å². The van der Waals surface area contributed by atoms with Gasteiger partial charge in [-0.2, -0.15) is 9.97 Å². The van der Waals surface area contributed by atoms with Gasteiger partial charge in [-0.25, -0.2) is 13.2 Å². The monoisotopic (exact) mass is 425 g/mol. The van der Waals surface area contributed by atoms with Crippen LogP contribution in [0.2, 0.25) is 0 Å². The van der Waals surface area contributed by atoms with E-state index in [4.69, 9.17) is 20.3 Å². The van der Waals surface area contributed by atoms with Crippen molar-refractivity contribution in [1.82, 2.24) is 9.97 Å². The third-order valence-electron chi connectivity index (χ3n) is 2.89. The molecule has 2 rings (SSSR count). The van der Waals surface area contributed by atoms with Gasteiger partial charge in [0, 0.05) is 23.9 Å². The van der Waals surface area contributed by atoms with E-state index in [1.165, 1.54) is 44.6 Å². The molecule has 1 aromatic carbocycles. The molecule has 13 heteroatoms. The van der Waals surface area contributed by atoms with Gasteiger partial charge in [-0.05, 0) is 24.3 Å². The number of primary amides is 1. The predicted molar refractivity (Wildman–Crippen MR) is 103 cm³/mol. The first-order chi connectivity index (χ1) is 13.6. The van der Waals surface area contributed by atoms with Crippen molar-refractivity contribution < 1.29 is 32.6 Å². The number of nitrogen functional groups attached to an aromatic ring is 1. The van der Waals surface area contributed by atoms with Crippen LogP contribution in [0, 0.1) is 0 Å². The minimum Gasteiger partial charge on any atom is -0.481 e. The number of sulfonamides is 1. The number of anilines is 2. The summed E-state index contributed by atoms with van der Waals surface area (Å²) in [6, 6.07) is 7.12. The molecule has 0 aliphatic heterocycles. The summed E-state index contributed by atoms with van der Waals surface area (Å²) in [6.45, 7) is 0. The second-order valence-electron chi connectivity index (χ2n) is 5.03. The third kappa shape index (κ3) is 8.13. The molecule has 0 unspecified atom stereocenters. The minimum atomic E-state index is -3.79. The second-order valence-corrected chi connectivity index (χ2v) is 6.71. The number of nitrogens with one attached hydrogen (secondary N) is 1. The van der Waals surface area contributed by atoms with Crippen LogP contribution in [-0.2, 0) is 19.6 Å². The van der Waals surface area contributed by atoms with E-state index in [2.05, 4.69) is 20.4 Å². The van der Waals surface area contributed by atoms with Crippen molar-refractivity contribution in [2.75, 3.05) is 24.7 Å². The second kappa shape index (κ2) is 10.5. The van der Waals surface area contributed by atoms with Crippen molar-refractivity contribution in [2.24, 2.45) is 5.73 Å². The number of amides is 1. The molecule has 0 fully saturated rings. The number of hydrogen-bond acceptors (Lipinski definition) is 9. The van der Waals surface area contributed by atoms with Gasteiger partial charge in [0.15, 0.2) is 5.82 Å². The van der Waals surface area contributed by atoms with Crippen LogP contribution in [0.5, 0.6) is 11.9 Å². The Morgan fingerprint density at radius 1 is 1.10 bits per heavy atom. The average Bonchev–Trinajstić information content (AvgIpc) is 2.66. The molecule has 29 heavy (non-hydrogen) atoms. The Morgan fingerprint density at radius 2 is 1.72 bits per heavy atom. The zero-order valence-corrected chi connectivity index (χ0v) is 16.2. The molecule has 12 nitrogen and oxygen atoms in total. The fourth-order valence-electron chi connectivity index (χ4n) is 1.65. The van der Waals surface area contributed by atoms with Crippen molar-refractivity contribution in [2.45, 2.75) is 4.90 Å². The fraction of sp³-hybridized carbons (Fsp3) is 0.125. The number of benzene rings is 1.